The van der Waals surface area contributed by atoms with Crippen molar-refractivity contribution in [2.24, 2.45) is 0 Å². The number of esters is 1. The molecular formula is C14H17FO4. The van der Waals surface area contributed by atoms with Crippen molar-refractivity contribution < 1.29 is 23.5 Å². The van der Waals surface area contributed by atoms with Gasteiger partial charge >= 0.3 is 5.97 Å². The van der Waals surface area contributed by atoms with Crippen molar-refractivity contribution in [2.75, 3.05) is 6.61 Å². The number of aldehydes is 1. The summed E-state index contributed by atoms with van der Waals surface area (Å²) in [5, 5.41) is 0. The molecule has 1 aromatic carbocycles. The van der Waals surface area contributed by atoms with Crippen LogP contribution in [0, 0.1) is 5.82 Å². The molecule has 0 radical (unpaired) electrons. The van der Waals surface area contributed by atoms with Crippen molar-refractivity contribution >= 4 is 12.3 Å². The Balaban J connectivity index is 2.47. The van der Waals surface area contributed by atoms with E-state index in [-0.39, 0.29) is 30.3 Å². The van der Waals surface area contributed by atoms with Crippen molar-refractivity contribution in [3.63, 3.8) is 0 Å². The van der Waals surface area contributed by atoms with E-state index in [1.54, 1.807) is 20.8 Å². The van der Waals surface area contributed by atoms with Crippen LogP contribution in [0.2, 0.25) is 0 Å². The zero-order valence-corrected chi connectivity index (χ0v) is 11.2. The van der Waals surface area contributed by atoms with E-state index in [9.17, 15) is 14.0 Å². The topological polar surface area (TPSA) is 52.6 Å². The Hall–Kier alpha value is -1.91. The van der Waals surface area contributed by atoms with Crippen molar-refractivity contribution in [2.45, 2.75) is 32.8 Å². The van der Waals surface area contributed by atoms with Crippen molar-refractivity contribution in [1.82, 2.24) is 0 Å². The number of ether oxygens (including phenoxy) is 2. The molecule has 104 valence electrons. The lowest BCUT2D eigenvalue weighted by Gasteiger charge is -2.19. The molecule has 1 aromatic rings. The number of halogens is 1. The van der Waals surface area contributed by atoms with Gasteiger partial charge in [-0.15, -0.1) is 0 Å². The summed E-state index contributed by atoms with van der Waals surface area (Å²) in [4.78, 5) is 22.0. The third-order valence-corrected chi connectivity index (χ3v) is 2.02. The molecule has 0 saturated heterocycles. The lowest BCUT2D eigenvalue weighted by atomic mass is 10.2. The Bertz CT molecular complexity index is 463. The molecule has 0 atom stereocenters. The monoisotopic (exact) mass is 268 g/mol. The fourth-order valence-corrected chi connectivity index (χ4v) is 1.38. The molecular weight excluding hydrogens is 251 g/mol. The molecule has 0 saturated carbocycles. The fraction of sp³-hybridized carbons (Fsp3) is 0.429. The summed E-state index contributed by atoms with van der Waals surface area (Å²) in [5.74, 6) is -0.734. The molecule has 0 unspecified atom stereocenters. The number of carbonyl (C=O) groups is 2. The van der Waals surface area contributed by atoms with Gasteiger partial charge in [-0.3, -0.25) is 9.59 Å². The highest BCUT2D eigenvalue weighted by molar-refractivity contribution is 5.75. The van der Waals surface area contributed by atoms with Gasteiger partial charge in [0.05, 0.1) is 13.0 Å². The summed E-state index contributed by atoms with van der Waals surface area (Å²) in [7, 11) is 0. The van der Waals surface area contributed by atoms with Crippen LogP contribution in [0.1, 0.15) is 37.6 Å². The molecule has 0 N–H and O–H groups in total. The highest BCUT2D eigenvalue weighted by Gasteiger charge is 2.16. The van der Waals surface area contributed by atoms with E-state index in [0.29, 0.717) is 6.29 Å². The van der Waals surface area contributed by atoms with Crippen LogP contribution in [-0.4, -0.2) is 24.5 Å². The molecule has 4 nitrogen and oxygen atoms in total. The van der Waals surface area contributed by atoms with Crippen molar-refractivity contribution in [1.29, 1.82) is 0 Å². The largest absolute Gasteiger partial charge is 0.493 e. The second-order valence-electron chi connectivity index (χ2n) is 5.02. The molecule has 0 amide bonds. The SMILES string of the molecule is CC(C)(C)OC(=O)CCOc1cc(F)cc(C=O)c1. The predicted molar refractivity (Wildman–Crippen MR) is 67.7 cm³/mol. The Kier molecular flexibility index (Phi) is 5.03. The fourth-order valence-electron chi connectivity index (χ4n) is 1.38. The minimum atomic E-state index is -0.558. The summed E-state index contributed by atoms with van der Waals surface area (Å²) in [6.07, 6.45) is 0.591. The number of carbonyl (C=O) groups excluding carboxylic acids is 2. The first-order valence-corrected chi connectivity index (χ1v) is 5.90. The standard InChI is InChI=1S/C14H17FO4/c1-14(2,3)19-13(17)4-5-18-12-7-10(9-16)6-11(15)8-12/h6-9H,4-5H2,1-3H3. The lowest BCUT2D eigenvalue weighted by molar-refractivity contribution is -0.155. The number of hydrogen-bond acceptors (Lipinski definition) is 4. The maximum atomic E-state index is 13.1. The summed E-state index contributed by atoms with van der Waals surface area (Å²) in [6, 6.07) is 3.67. The third-order valence-electron chi connectivity index (χ3n) is 2.02. The normalized spacial score (nSPS) is 10.9. The van der Waals surface area contributed by atoms with Gasteiger partial charge in [-0.05, 0) is 32.9 Å². The quantitative estimate of drug-likeness (QED) is 0.608. The van der Waals surface area contributed by atoms with Gasteiger partial charge in [0.15, 0.2) is 0 Å². The van der Waals surface area contributed by atoms with E-state index in [1.807, 2.05) is 0 Å². The van der Waals surface area contributed by atoms with Crippen molar-refractivity contribution in [3.05, 3.63) is 29.6 Å². The maximum absolute atomic E-state index is 13.1. The van der Waals surface area contributed by atoms with Crippen molar-refractivity contribution in [3.8, 4) is 5.75 Å². The van der Waals surface area contributed by atoms with E-state index >= 15 is 0 Å². The average molecular weight is 268 g/mol. The molecule has 0 bridgehead atoms. The van der Waals surface area contributed by atoms with E-state index in [0.717, 1.165) is 12.1 Å². The number of rotatable bonds is 5. The van der Waals surface area contributed by atoms with Gasteiger partial charge in [0, 0.05) is 11.6 Å². The van der Waals surface area contributed by atoms with Crippen LogP contribution in [0.5, 0.6) is 5.75 Å². The van der Waals surface area contributed by atoms with Crippen LogP contribution >= 0.6 is 0 Å². The second-order valence-corrected chi connectivity index (χ2v) is 5.02. The smallest absolute Gasteiger partial charge is 0.309 e. The molecule has 19 heavy (non-hydrogen) atoms. The lowest BCUT2D eigenvalue weighted by Crippen LogP contribution is -2.24. The van der Waals surface area contributed by atoms with Crippen LogP contribution in [0.3, 0.4) is 0 Å². The minimum absolute atomic E-state index is 0.0597. The molecule has 0 fully saturated rings. The molecule has 0 spiro atoms. The van der Waals surface area contributed by atoms with Gasteiger partial charge in [0.1, 0.15) is 23.5 Å². The summed E-state index contributed by atoms with van der Waals surface area (Å²) in [6.45, 7) is 5.38. The van der Waals surface area contributed by atoms with Gasteiger partial charge in [0.25, 0.3) is 0 Å². The minimum Gasteiger partial charge on any atom is -0.493 e. The van der Waals surface area contributed by atoms with Gasteiger partial charge in [-0.2, -0.15) is 0 Å². The van der Waals surface area contributed by atoms with Gasteiger partial charge < -0.3 is 9.47 Å². The van der Waals surface area contributed by atoms with E-state index in [2.05, 4.69) is 0 Å². The van der Waals surface area contributed by atoms with Crippen LogP contribution in [0.15, 0.2) is 18.2 Å². The van der Waals surface area contributed by atoms with Crippen LogP contribution in [-0.2, 0) is 9.53 Å². The van der Waals surface area contributed by atoms with Gasteiger partial charge in [-0.25, -0.2) is 4.39 Å². The Morgan fingerprint density at radius 3 is 2.58 bits per heavy atom. The third kappa shape index (κ3) is 5.99. The Morgan fingerprint density at radius 1 is 1.32 bits per heavy atom. The first kappa shape index (κ1) is 15.1. The molecule has 0 aliphatic carbocycles. The molecule has 1 rings (SSSR count). The molecule has 5 heteroatoms. The number of benzene rings is 1. The highest BCUT2D eigenvalue weighted by atomic mass is 19.1. The van der Waals surface area contributed by atoms with Gasteiger partial charge in [-0.1, -0.05) is 0 Å². The van der Waals surface area contributed by atoms with E-state index in [1.165, 1.54) is 6.07 Å². The van der Waals surface area contributed by atoms with Gasteiger partial charge in [0.2, 0.25) is 0 Å². The maximum Gasteiger partial charge on any atom is 0.309 e. The van der Waals surface area contributed by atoms with Crippen LogP contribution in [0.25, 0.3) is 0 Å². The predicted octanol–water partition coefficient (Wildman–Crippen LogP) is 2.75. The molecule has 0 aromatic heterocycles. The van der Waals surface area contributed by atoms with E-state index < -0.39 is 11.4 Å². The zero-order valence-electron chi connectivity index (χ0n) is 11.2. The molecule has 0 aliphatic heterocycles. The summed E-state index contributed by atoms with van der Waals surface area (Å²) in [5.41, 5.74) is -0.354. The average Bonchev–Trinajstić information content (AvgIpc) is 2.25. The first-order chi connectivity index (χ1) is 8.80. The number of hydrogen-bond donors (Lipinski definition) is 0. The summed E-state index contributed by atoms with van der Waals surface area (Å²) < 4.78 is 23.4. The molecule has 0 heterocycles. The molecule has 0 aliphatic rings. The zero-order chi connectivity index (χ0) is 14.5. The van der Waals surface area contributed by atoms with Crippen LogP contribution in [0.4, 0.5) is 4.39 Å². The Morgan fingerprint density at radius 2 is 2.00 bits per heavy atom. The van der Waals surface area contributed by atoms with Crippen LogP contribution < -0.4 is 4.74 Å². The second kappa shape index (κ2) is 6.31. The summed E-state index contributed by atoms with van der Waals surface area (Å²) >= 11 is 0. The Labute approximate surface area is 111 Å². The first-order valence-electron chi connectivity index (χ1n) is 5.90. The van der Waals surface area contributed by atoms with E-state index in [4.69, 9.17) is 9.47 Å². The highest BCUT2D eigenvalue weighted by Crippen LogP contribution is 2.16.